The van der Waals surface area contributed by atoms with Gasteiger partial charge in [-0.2, -0.15) is 10.2 Å². The monoisotopic (exact) mass is 453 g/mol. The third-order valence-electron chi connectivity index (χ3n) is 4.34. The van der Waals surface area contributed by atoms with E-state index in [1.165, 1.54) is 7.11 Å². The fraction of sp³-hybridized carbons (Fsp3) is 0.273. The van der Waals surface area contributed by atoms with Crippen molar-refractivity contribution in [3.63, 3.8) is 0 Å². The van der Waals surface area contributed by atoms with Crippen LogP contribution >= 0.6 is 0 Å². The molecule has 11 heteroatoms. The molecule has 0 fully saturated rings. The lowest BCUT2D eigenvalue weighted by Crippen LogP contribution is -2.46. The lowest BCUT2D eigenvalue weighted by molar-refractivity contribution is -0.145. The molecule has 0 spiro atoms. The summed E-state index contributed by atoms with van der Waals surface area (Å²) < 4.78 is 4.70. The van der Waals surface area contributed by atoms with Gasteiger partial charge in [0.1, 0.15) is 6.04 Å². The second kappa shape index (κ2) is 13.2. The van der Waals surface area contributed by atoms with Crippen LogP contribution in [0.3, 0.4) is 0 Å². The van der Waals surface area contributed by atoms with Gasteiger partial charge < -0.3 is 26.8 Å². The summed E-state index contributed by atoms with van der Waals surface area (Å²) in [5.74, 6) is -1.63. The normalized spacial score (nSPS) is 11.4. The molecule has 2 aromatic carbocycles. The molecule has 0 saturated carbocycles. The molecule has 0 heterocycles. The van der Waals surface area contributed by atoms with Crippen molar-refractivity contribution in [2.75, 3.05) is 20.2 Å². The first-order valence-corrected chi connectivity index (χ1v) is 10.2. The largest absolute Gasteiger partial charge is 0.467 e. The zero-order valence-corrected chi connectivity index (χ0v) is 18.2. The number of hydrogen-bond acceptors (Lipinski definition) is 7. The average molecular weight is 454 g/mol. The summed E-state index contributed by atoms with van der Waals surface area (Å²) in [4.78, 5) is 40.2. The molecule has 0 aliphatic heterocycles. The number of aliphatic imine (C=N–C) groups is 1. The first-order valence-electron chi connectivity index (χ1n) is 10.2. The summed E-state index contributed by atoms with van der Waals surface area (Å²) in [7, 11) is 1.22. The molecule has 0 saturated heterocycles. The van der Waals surface area contributed by atoms with Crippen molar-refractivity contribution in [2.24, 2.45) is 26.7 Å². The van der Waals surface area contributed by atoms with Gasteiger partial charge in [0.05, 0.1) is 25.0 Å². The number of methoxy groups -OCH3 is 1. The summed E-state index contributed by atoms with van der Waals surface area (Å²) in [6.07, 6.45) is 0.737. The van der Waals surface area contributed by atoms with Crippen LogP contribution in [-0.4, -0.2) is 50.0 Å². The zero-order chi connectivity index (χ0) is 24.1. The Morgan fingerprint density at radius 1 is 0.970 bits per heavy atom. The molecule has 0 aliphatic rings. The minimum absolute atomic E-state index is 0.0522. The van der Waals surface area contributed by atoms with E-state index >= 15 is 0 Å². The summed E-state index contributed by atoms with van der Waals surface area (Å²) in [5, 5.41) is 13.3. The second-order valence-electron chi connectivity index (χ2n) is 6.86. The van der Waals surface area contributed by atoms with E-state index in [2.05, 4.69) is 25.9 Å². The summed E-state index contributed by atoms with van der Waals surface area (Å²) in [6.45, 7) is -0.000953. The number of benzene rings is 2. The van der Waals surface area contributed by atoms with Gasteiger partial charge >= 0.3 is 5.97 Å². The minimum Gasteiger partial charge on any atom is -0.467 e. The van der Waals surface area contributed by atoms with E-state index in [-0.39, 0.29) is 18.9 Å². The molecule has 0 radical (unpaired) electrons. The quantitative estimate of drug-likeness (QED) is 0.132. The van der Waals surface area contributed by atoms with Crippen LogP contribution in [-0.2, 0) is 14.3 Å². The molecule has 2 rings (SSSR count). The SMILES string of the molecule is COC(=O)[C@H](CCCN=C(N)N)NC(=O)CNC(=O)c1ccc(N=Nc2ccccc2)cc1. The molecule has 6 N–H and O–H groups in total. The smallest absolute Gasteiger partial charge is 0.328 e. The Balaban J connectivity index is 1.84. The standard InChI is InChI=1S/C22H27N7O4/c1-33-21(32)18(8-5-13-25-22(23)24)27-19(30)14-26-20(31)15-9-11-17(12-10-15)29-28-16-6-3-2-4-7-16/h2-4,6-7,9-12,18H,5,8,13-14H2,1H3,(H,26,31)(H,27,30)(H4,23,24,25)/t18-/m0/s1. The fourth-order valence-corrected chi connectivity index (χ4v) is 2.69. The van der Waals surface area contributed by atoms with Crippen molar-refractivity contribution >= 4 is 35.1 Å². The number of guanidine groups is 1. The summed E-state index contributed by atoms with van der Waals surface area (Å²) in [6, 6.07) is 14.8. The van der Waals surface area contributed by atoms with E-state index in [4.69, 9.17) is 16.2 Å². The van der Waals surface area contributed by atoms with Gasteiger partial charge in [0, 0.05) is 12.1 Å². The Hall–Kier alpha value is -4.28. The summed E-state index contributed by atoms with van der Waals surface area (Å²) >= 11 is 0. The van der Waals surface area contributed by atoms with Crippen LogP contribution in [0.15, 0.2) is 69.8 Å². The predicted octanol–water partition coefficient (Wildman–Crippen LogP) is 1.54. The maximum atomic E-state index is 12.3. The highest BCUT2D eigenvalue weighted by atomic mass is 16.5. The number of nitrogens with zero attached hydrogens (tertiary/aromatic N) is 3. The van der Waals surface area contributed by atoms with Gasteiger partial charge in [-0.1, -0.05) is 18.2 Å². The Morgan fingerprint density at radius 3 is 2.21 bits per heavy atom. The molecule has 0 aromatic heterocycles. The lowest BCUT2D eigenvalue weighted by Gasteiger charge is -2.16. The van der Waals surface area contributed by atoms with Crippen LogP contribution in [0.4, 0.5) is 11.4 Å². The number of carbonyl (C=O) groups is 3. The molecule has 33 heavy (non-hydrogen) atoms. The number of carbonyl (C=O) groups excluding carboxylic acids is 3. The third-order valence-corrected chi connectivity index (χ3v) is 4.34. The first-order chi connectivity index (χ1) is 15.9. The maximum absolute atomic E-state index is 12.3. The highest BCUT2D eigenvalue weighted by Crippen LogP contribution is 2.18. The van der Waals surface area contributed by atoms with Crippen molar-refractivity contribution in [1.82, 2.24) is 10.6 Å². The minimum atomic E-state index is -0.872. The maximum Gasteiger partial charge on any atom is 0.328 e. The molecular weight excluding hydrogens is 426 g/mol. The van der Waals surface area contributed by atoms with Gasteiger partial charge in [-0.3, -0.25) is 14.6 Å². The van der Waals surface area contributed by atoms with Crippen LogP contribution < -0.4 is 22.1 Å². The van der Waals surface area contributed by atoms with Crippen LogP contribution in [0.25, 0.3) is 0 Å². The van der Waals surface area contributed by atoms with Gasteiger partial charge in [0.2, 0.25) is 5.91 Å². The van der Waals surface area contributed by atoms with Crippen LogP contribution in [0, 0.1) is 0 Å². The van der Waals surface area contributed by atoms with Crippen molar-refractivity contribution in [3.8, 4) is 0 Å². The highest BCUT2D eigenvalue weighted by Gasteiger charge is 2.21. The molecule has 2 amide bonds. The number of rotatable bonds is 11. The van der Waals surface area contributed by atoms with E-state index in [1.807, 2.05) is 30.3 Å². The van der Waals surface area contributed by atoms with E-state index < -0.39 is 23.8 Å². The molecule has 0 unspecified atom stereocenters. The fourth-order valence-electron chi connectivity index (χ4n) is 2.69. The molecule has 2 aromatic rings. The Morgan fingerprint density at radius 2 is 1.61 bits per heavy atom. The number of amides is 2. The van der Waals surface area contributed by atoms with Crippen molar-refractivity contribution in [1.29, 1.82) is 0 Å². The lowest BCUT2D eigenvalue weighted by atomic mass is 10.1. The van der Waals surface area contributed by atoms with Crippen LogP contribution in [0.1, 0.15) is 23.2 Å². The topological polar surface area (TPSA) is 174 Å². The van der Waals surface area contributed by atoms with Crippen molar-refractivity contribution in [2.45, 2.75) is 18.9 Å². The Kier molecular flexibility index (Phi) is 9.99. The van der Waals surface area contributed by atoms with Crippen molar-refractivity contribution < 1.29 is 19.1 Å². The molecule has 11 nitrogen and oxygen atoms in total. The number of azo groups is 1. The zero-order valence-electron chi connectivity index (χ0n) is 18.2. The number of hydrogen-bond donors (Lipinski definition) is 4. The van der Waals surface area contributed by atoms with Crippen molar-refractivity contribution in [3.05, 3.63) is 60.2 Å². The number of nitrogens with one attached hydrogen (secondary N) is 2. The molecule has 174 valence electrons. The Labute approximate surface area is 191 Å². The van der Waals surface area contributed by atoms with Gasteiger partial charge in [-0.25, -0.2) is 4.79 Å². The average Bonchev–Trinajstić information content (AvgIpc) is 2.83. The highest BCUT2D eigenvalue weighted by molar-refractivity contribution is 5.97. The predicted molar refractivity (Wildman–Crippen MR) is 123 cm³/mol. The second-order valence-corrected chi connectivity index (χ2v) is 6.86. The van der Waals surface area contributed by atoms with E-state index in [9.17, 15) is 14.4 Å². The molecule has 1 atom stereocenters. The third kappa shape index (κ3) is 9.17. The number of ether oxygens (including phenoxy) is 1. The van der Waals surface area contributed by atoms with Gasteiger partial charge in [0.15, 0.2) is 5.96 Å². The van der Waals surface area contributed by atoms with Crippen LogP contribution in [0.5, 0.6) is 0 Å². The molecule has 0 bridgehead atoms. The van der Waals surface area contributed by atoms with Gasteiger partial charge in [-0.15, -0.1) is 0 Å². The van der Waals surface area contributed by atoms with Gasteiger partial charge in [-0.05, 0) is 49.2 Å². The number of esters is 1. The number of nitrogens with two attached hydrogens (primary N) is 2. The van der Waals surface area contributed by atoms with E-state index in [0.29, 0.717) is 29.9 Å². The Bertz CT molecular complexity index is 988. The van der Waals surface area contributed by atoms with E-state index in [1.54, 1.807) is 24.3 Å². The first kappa shape index (κ1) is 25.0. The van der Waals surface area contributed by atoms with Crippen LogP contribution in [0.2, 0.25) is 0 Å². The molecular formula is C22H27N7O4. The van der Waals surface area contributed by atoms with Gasteiger partial charge in [0.25, 0.3) is 5.91 Å². The summed E-state index contributed by atoms with van der Waals surface area (Å²) in [5.41, 5.74) is 12.2. The van der Waals surface area contributed by atoms with E-state index in [0.717, 1.165) is 0 Å². The molecule has 0 aliphatic carbocycles.